The van der Waals surface area contributed by atoms with Gasteiger partial charge in [0.05, 0.1) is 35.2 Å². The van der Waals surface area contributed by atoms with Gasteiger partial charge in [-0.2, -0.15) is 5.10 Å². The van der Waals surface area contributed by atoms with Gasteiger partial charge in [-0.3, -0.25) is 14.4 Å². The molecule has 188 valence electrons. The second kappa shape index (κ2) is 11.8. The number of nitrogens with one attached hydrogen (secondary N) is 2. The summed E-state index contributed by atoms with van der Waals surface area (Å²) >= 11 is 0. The Morgan fingerprint density at radius 3 is 2.11 bits per heavy atom. The molecular formula is C29H28N4O4. The molecule has 0 saturated carbocycles. The van der Waals surface area contributed by atoms with Crippen molar-refractivity contribution < 1.29 is 19.1 Å². The summed E-state index contributed by atoms with van der Waals surface area (Å²) in [7, 11) is 0. The fraction of sp³-hybridized carbons (Fsp3) is 0.172. The lowest BCUT2D eigenvalue weighted by atomic mass is 10.0. The molecule has 8 heteroatoms. The van der Waals surface area contributed by atoms with Crippen molar-refractivity contribution in [3.8, 4) is 5.69 Å². The van der Waals surface area contributed by atoms with E-state index in [0.29, 0.717) is 16.9 Å². The number of aromatic nitrogens is 2. The number of ether oxygens (including phenoxy) is 1. The quantitative estimate of drug-likeness (QED) is 0.332. The van der Waals surface area contributed by atoms with E-state index in [0.717, 1.165) is 16.9 Å². The summed E-state index contributed by atoms with van der Waals surface area (Å²) < 4.78 is 7.00. The molecule has 8 nitrogen and oxygen atoms in total. The van der Waals surface area contributed by atoms with E-state index < -0.39 is 24.5 Å². The van der Waals surface area contributed by atoms with Gasteiger partial charge in [0.15, 0.2) is 6.61 Å². The molecule has 0 aliphatic carbocycles. The van der Waals surface area contributed by atoms with E-state index in [1.807, 2.05) is 73.7 Å². The molecule has 4 rings (SSSR count). The zero-order valence-corrected chi connectivity index (χ0v) is 20.7. The van der Waals surface area contributed by atoms with Crippen LogP contribution in [0.25, 0.3) is 5.69 Å². The number of esters is 1. The number of para-hydroxylation sites is 1. The van der Waals surface area contributed by atoms with Gasteiger partial charge in [0.2, 0.25) is 0 Å². The Morgan fingerprint density at radius 2 is 1.46 bits per heavy atom. The number of benzene rings is 3. The van der Waals surface area contributed by atoms with Crippen LogP contribution in [0.4, 0.5) is 5.69 Å². The number of hydrogen-bond acceptors (Lipinski definition) is 5. The van der Waals surface area contributed by atoms with Crippen LogP contribution in [0.3, 0.4) is 0 Å². The summed E-state index contributed by atoms with van der Waals surface area (Å²) in [6.07, 6.45) is -0.125. The predicted molar refractivity (Wildman–Crippen MR) is 140 cm³/mol. The molecule has 0 unspecified atom stereocenters. The molecule has 0 aliphatic rings. The molecule has 0 aliphatic heterocycles. The molecule has 0 fully saturated rings. The number of carbonyl (C=O) groups is 3. The monoisotopic (exact) mass is 496 g/mol. The number of aryl methyl sites for hydroxylation is 1. The van der Waals surface area contributed by atoms with Gasteiger partial charge in [0, 0.05) is 5.56 Å². The molecular weight excluding hydrogens is 468 g/mol. The van der Waals surface area contributed by atoms with Crippen LogP contribution < -0.4 is 10.6 Å². The Hall–Kier alpha value is -4.72. The normalized spacial score (nSPS) is 11.4. The fourth-order valence-corrected chi connectivity index (χ4v) is 3.96. The van der Waals surface area contributed by atoms with Gasteiger partial charge in [-0.05, 0) is 43.7 Å². The maximum atomic E-state index is 12.7. The minimum atomic E-state index is -0.613. The van der Waals surface area contributed by atoms with Crippen molar-refractivity contribution in [2.45, 2.75) is 26.3 Å². The van der Waals surface area contributed by atoms with Crippen LogP contribution >= 0.6 is 0 Å². The Balaban J connectivity index is 1.37. The van der Waals surface area contributed by atoms with E-state index in [2.05, 4.69) is 15.7 Å². The smallest absolute Gasteiger partial charge is 0.308 e. The first-order valence-electron chi connectivity index (χ1n) is 11.9. The minimum Gasteiger partial charge on any atom is -0.455 e. The number of rotatable bonds is 9. The minimum absolute atomic E-state index is 0.125. The van der Waals surface area contributed by atoms with Crippen LogP contribution in [0.15, 0.2) is 91.0 Å². The molecule has 0 radical (unpaired) electrons. The van der Waals surface area contributed by atoms with Crippen LogP contribution in [0, 0.1) is 13.8 Å². The first-order chi connectivity index (χ1) is 17.9. The van der Waals surface area contributed by atoms with E-state index in [9.17, 15) is 14.4 Å². The lowest BCUT2D eigenvalue weighted by molar-refractivity contribution is -0.147. The predicted octanol–water partition coefficient (Wildman–Crippen LogP) is 4.53. The van der Waals surface area contributed by atoms with E-state index in [1.165, 1.54) is 0 Å². The highest BCUT2D eigenvalue weighted by Crippen LogP contribution is 2.23. The molecule has 37 heavy (non-hydrogen) atoms. The standard InChI is InChI=1S/C29H28N4O4/c1-20-28(21(2)33(32-20)24-16-10-5-11-17-24)31-26(34)19-37-27(35)18-25(22-12-6-3-7-13-22)30-29(36)23-14-8-4-9-15-23/h3-17,25H,18-19H2,1-2H3,(H,30,36)(H,31,34)/t25-/m1/s1. The largest absolute Gasteiger partial charge is 0.455 e. The van der Waals surface area contributed by atoms with E-state index in [-0.39, 0.29) is 12.3 Å². The zero-order valence-electron chi connectivity index (χ0n) is 20.7. The second-order valence-electron chi connectivity index (χ2n) is 8.51. The van der Waals surface area contributed by atoms with Crippen LogP contribution in [-0.2, 0) is 14.3 Å². The third-order valence-electron chi connectivity index (χ3n) is 5.83. The summed E-state index contributed by atoms with van der Waals surface area (Å²) in [5.74, 6) is -1.39. The first-order valence-corrected chi connectivity index (χ1v) is 11.9. The maximum absolute atomic E-state index is 12.7. The van der Waals surface area contributed by atoms with Crippen LogP contribution in [0.2, 0.25) is 0 Å². The van der Waals surface area contributed by atoms with Gasteiger partial charge in [0.1, 0.15) is 0 Å². The van der Waals surface area contributed by atoms with E-state index >= 15 is 0 Å². The highest BCUT2D eigenvalue weighted by molar-refractivity contribution is 5.95. The van der Waals surface area contributed by atoms with Gasteiger partial charge in [-0.1, -0.05) is 66.7 Å². The highest BCUT2D eigenvalue weighted by Gasteiger charge is 2.21. The third-order valence-corrected chi connectivity index (χ3v) is 5.83. The number of amides is 2. The fourth-order valence-electron chi connectivity index (χ4n) is 3.96. The van der Waals surface area contributed by atoms with E-state index in [4.69, 9.17) is 4.74 Å². The van der Waals surface area contributed by atoms with Gasteiger partial charge < -0.3 is 15.4 Å². The van der Waals surface area contributed by atoms with Crippen molar-refractivity contribution in [3.63, 3.8) is 0 Å². The molecule has 0 spiro atoms. The van der Waals surface area contributed by atoms with E-state index in [1.54, 1.807) is 35.9 Å². The molecule has 1 heterocycles. The summed E-state index contributed by atoms with van der Waals surface area (Å²) in [6.45, 7) is 3.20. The lowest BCUT2D eigenvalue weighted by Gasteiger charge is -2.19. The molecule has 1 aromatic heterocycles. The second-order valence-corrected chi connectivity index (χ2v) is 8.51. The molecule has 4 aromatic rings. The Bertz CT molecular complexity index is 1370. The summed E-state index contributed by atoms with van der Waals surface area (Å²) in [6, 6.07) is 26.9. The van der Waals surface area contributed by atoms with Gasteiger partial charge in [0.25, 0.3) is 11.8 Å². The van der Waals surface area contributed by atoms with Crippen LogP contribution in [0.1, 0.15) is 39.8 Å². The molecule has 2 amide bonds. The summed E-state index contributed by atoms with van der Waals surface area (Å²) in [4.78, 5) is 38.0. The molecule has 0 bridgehead atoms. The maximum Gasteiger partial charge on any atom is 0.308 e. The average Bonchev–Trinajstić information content (AvgIpc) is 3.21. The molecule has 1 atom stereocenters. The highest BCUT2D eigenvalue weighted by atomic mass is 16.5. The Morgan fingerprint density at radius 1 is 0.865 bits per heavy atom. The lowest BCUT2D eigenvalue weighted by Crippen LogP contribution is -2.31. The summed E-state index contributed by atoms with van der Waals surface area (Å²) in [5, 5.41) is 10.2. The van der Waals surface area contributed by atoms with Crippen molar-refractivity contribution in [2.75, 3.05) is 11.9 Å². The average molecular weight is 497 g/mol. The zero-order chi connectivity index (χ0) is 26.2. The Labute approximate surface area is 215 Å². The Kier molecular flexibility index (Phi) is 8.10. The van der Waals surface area contributed by atoms with Crippen molar-refractivity contribution >= 4 is 23.5 Å². The molecule has 2 N–H and O–H groups in total. The van der Waals surface area contributed by atoms with Crippen molar-refractivity contribution in [2.24, 2.45) is 0 Å². The number of nitrogens with zero attached hydrogens (tertiary/aromatic N) is 2. The van der Waals surface area contributed by atoms with Crippen LogP contribution in [0.5, 0.6) is 0 Å². The van der Waals surface area contributed by atoms with Crippen LogP contribution in [-0.4, -0.2) is 34.2 Å². The SMILES string of the molecule is Cc1nn(-c2ccccc2)c(C)c1NC(=O)COC(=O)C[C@@H](NC(=O)c1ccccc1)c1ccccc1. The summed E-state index contributed by atoms with van der Waals surface area (Å²) in [5.41, 5.74) is 4.09. The van der Waals surface area contributed by atoms with Crippen molar-refractivity contribution in [1.82, 2.24) is 15.1 Å². The number of hydrogen-bond donors (Lipinski definition) is 2. The van der Waals surface area contributed by atoms with Gasteiger partial charge >= 0.3 is 5.97 Å². The van der Waals surface area contributed by atoms with Crippen molar-refractivity contribution in [3.05, 3.63) is 114 Å². The molecule has 0 saturated heterocycles. The first kappa shape index (κ1) is 25.4. The van der Waals surface area contributed by atoms with Crippen molar-refractivity contribution in [1.29, 1.82) is 0 Å². The third kappa shape index (κ3) is 6.49. The molecule has 3 aromatic carbocycles. The number of anilines is 1. The topological polar surface area (TPSA) is 102 Å². The number of carbonyl (C=O) groups excluding carboxylic acids is 3. The van der Waals surface area contributed by atoms with Gasteiger partial charge in [-0.15, -0.1) is 0 Å². The van der Waals surface area contributed by atoms with Gasteiger partial charge in [-0.25, -0.2) is 4.68 Å².